The number of carbonyl (C=O) groups is 2. The highest BCUT2D eigenvalue weighted by Gasteiger charge is 2.34. The minimum absolute atomic E-state index is 0.176. The van der Waals surface area contributed by atoms with Crippen LogP contribution in [-0.2, 0) is 9.59 Å². The second kappa shape index (κ2) is 9.13. The molecule has 0 aromatic carbocycles. The van der Waals surface area contributed by atoms with Gasteiger partial charge in [-0.1, -0.05) is 25.3 Å². The third-order valence-electron chi connectivity index (χ3n) is 3.38. The predicted molar refractivity (Wildman–Crippen MR) is 80.8 cm³/mol. The van der Waals surface area contributed by atoms with Gasteiger partial charge in [0, 0.05) is 17.8 Å². The Morgan fingerprint density at radius 3 is 1.62 bits per heavy atom. The van der Waals surface area contributed by atoms with Crippen molar-refractivity contribution in [1.29, 1.82) is 0 Å². The van der Waals surface area contributed by atoms with E-state index < -0.39 is 11.9 Å². The fourth-order valence-electron chi connectivity index (χ4n) is 2.10. The fourth-order valence-corrected chi connectivity index (χ4v) is 2.10. The molecule has 2 aliphatic carbocycles. The molecule has 2 bridgehead atoms. The molecule has 21 heavy (non-hydrogen) atoms. The van der Waals surface area contributed by atoms with Gasteiger partial charge in [-0.15, -0.1) is 0 Å². The molecule has 2 aliphatic rings. The molecule has 3 N–H and O–H groups in total. The Balaban J connectivity index is 0.000000300. The van der Waals surface area contributed by atoms with E-state index in [0.29, 0.717) is 12.5 Å². The van der Waals surface area contributed by atoms with Gasteiger partial charge in [0.1, 0.15) is 0 Å². The number of carboxylic acid groups (broad SMARTS) is 2. The second-order valence-corrected chi connectivity index (χ2v) is 5.39. The number of carboxylic acids is 2. The van der Waals surface area contributed by atoms with Gasteiger partial charge >= 0.3 is 11.9 Å². The van der Waals surface area contributed by atoms with Crippen LogP contribution in [0.4, 0.5) is 0 Å². The molecule has 0 aromatic heterocycles. The number of rotatable bonds is 3. The number of hydrogen-bond donors (Lipinski definition) is 3. The summed E-state index contributed by atoms with van der Waals surface area (Å²) in [5, 5.41) is 24.6. The molecule has 5 nitrogen and oxygen atoms in total. The summed E-state index contributed by atoms with van der Waals surface area (Å²) in [6, 6.07) is 0. The fraction of sp³-hybridized carbons (Fsp3) is 0.500. The normalized spacial score (nSPS) is 24.2. The van der Waals surface area contributed by atoms with Crippen LogP contribution in [0.1, 0.15) is 26.7 Å². The maximum absolute atomic E-state index is 9.60. The number of allylic oxidation sites excluding steroid dienone is 2. The molecule has 3 unspecified atom stereocenters. The molecule has 0 radical (unpaired) electrons. The predicted octanol–water partition coefficient (Wildman–Crippen LogP) is 2.49. The van der Waals surface area contributed by atoms with Crippen molar-refractivity contribution >= 4 is 11.9 Å². The minimum Gasteiger partial charge on any atom is -0.478 e. The summed E-state index contributed by atoms with van der Waals surface area (Å²) >= 11 is 0. The van der Waals surface area contributed by atoms with Crippen LogP contribution in [0.2, 0.25) is 0 Å². The molecule has 1 saturated carbocycles. The van der Waals surface area contributed by atoms with Crippen molar-refractivity contribution in [1.82, 2.24) is 0 Å². The van der Waals surface area contributed by atoms with Crippen LogP contribution in [0.25, 0.3) is 0 Å². The minimum atomic E-state index is -0.935. The first-order valence-electron chi connectivity index (χ1n) is 6.75. The lowest BCUT2D eigenvalue weighted by Crippen LogP contribution is -2.10. The van der Waals surface area contributed by atoms with Crippen LogP contribution in [0.5, 0.6) is 0 Å². The lowest BCUT2D eigenvalue weighted by Gasteiger charge is -2.13. The first kappa shape index (κ1) is 19.1. The van der Waals surface area contributed by atoms with Crippen molar-refractivity contribution in [2.24, 2.45) is 17.8 Å². The highest BCUT2D eigenvalue weighted by molar-refractivity contribution is 5.85. The standard InChI is InChI=1S/C8H12O.2C4H6O2/c9-5-8-4-6-1-2-7(8)3-6;2*1-3(2)4(5)6/h1-2,6-9H,3-5H2;2*1H2,2H3,(H,5,6). The van der Waals surface area contributed by atoms with Gasteiger partial charge in [-0.05, 0) is 44.4 Å². The molecule has 5 heteroatoms. The highest BCUT2D eigenvalue weighted by Crippen LogP contribution is 2.42. The highest BCUT2D eigenvalue weighted by atomic mass is 16.4. The smallest absolute Gasteiger partial charge is 0.330 e. The van der Waals surface area contributed by atoms with E-state index >= 15 is 0 Å². The van der Waals surface area contributed by atoms with E-state index in [9.17, 15) is 9.59 Å². The van der Waals surface area contributed by atoms with Crippen LogP contribution in [0.3, 0.4) is 0 Å². The van der Waals surface area contributed by atoms with Crippen LogP contribution >= 0.6 is 0 Å². The molecule has 0 aliphatic heterocycles. The van der Waals surface area contributed by atoms with Gasteiger partial charge in [-0.3, -0.25) is 0 Å². The van der Waals surface area contributed by atoms with Gasteiger partial charge in [0.2, 0.25) is 0 Å². The van der Waals surface area contributed by atoms with Gasteiger partial charge in [-0.2, -0.15) is 0 Å². The van der Waals surface area contributed by atoms with Gasteiger partial charge in [-0.25, -0.2) is 9.59 Å². The van der Waals surface area contributed by atoms with E-state index in [0.717, 1.165) is 11.8 Å². The molecule has 3 atom stereocenters. The van der Waals surface area contributed by atoms with Gasteiger partial charge in [0.05, 0.1) is 0 Å². The number of aliphatic hydroxyl groups excluding tert-OH is 1. The summed E-state index contributed by atoms with van der Waals surface area (Å²) in [4.78, 5) is 19.2. The molecule has 0 saturated heterocycles. The Kier molecular flexibility index (Phi) is 8.31. The van der Waals surface area contributed by atoms with E-state index in [-0.39, 0.29) is 11.1 Å². The number of aliphatic hydroxyl groups is 1. The summed E-state index contributed by atoms with van der Waals surface area (Å²) in [7, 11) is 0. The van der Waals surface area contributed by atoms with Gasteiger partial charge in [0.15, 0.2) is 0 Å². The van der Waals surface area contributed by atoms with Gasteiger partial charge in [0.25, 0.3) is 0 Å². The van der Waals surface area contributed by atoms with Crippen molar-refractivity contribution in [2.75, 3.05) is 6.61 Å². The maximum atomic E-state index is 9.60. The third-order valence-corrected chi connectivity index (χ3v) is 3.38. The SMILES string of the molecule is C=C(C)C(=O)O.C=C(C)C(=O)O.OCC1CC2C=CC1C2. The Morgan fingerprint density at radius 2 is 1.48 bits per heavy atom. The zero-order chi connectivity index (χ0) is 16.6. The maximum Gasteiger partial charge on any atom is 0.330 e. The molecule has 0 aromatic rings. The van der Waals surface area contributed by atoms with E-state index in [1.54, 1.807) is 0 Å². The summed E-state index contributed by atoms with van der Waals surface area (Å²) < 4.78 is 0. The Bertz CT molecular complexity index is 388. The summed E-state index contributed by atoms with van der Waals surface area (Å²) in [5.41, 5.74) is 0.352. The van der Waals surface area contributed by atoms with Crippen LogP contribution in [0.15, 0.2) is 36.5 Å². The molecule has 0 amide bonds. The quantitative estimate of drug-likeness (QED) is 0.549. The van der Waals surface area contributed by atoms with Crippen LogP contribution < -0.4 is 0 Å². The lowest BCUT2D eigenvalue weighted by atomic mass is 9.95. The van der Waals surface area contributed by atoms with Crippen molar-refractivity contribution in [3.05, 3.63) is 36.5 Å². The molecule has 118 valence electrons. The zero-order valence-electron chi connectivity index (χ0n) is 12.6. The largest absolute Gasteiger partial charge is 0.478 e. The molecule has 0 spiro atoms. The average Bonchev–Trinajstić information content (AvgIpc) is 3.01. The van der Waals surface area contributed by atoms with Crippen LogP contribution in [-0.4, -0.2) is 33.9 Å². The first-order chi connectivity index (χ1) is 9.68. The lowest BCUT2D eigenvalue weighted by molar-refractivity contribution is -0.133. The van der Waals surface area contributed by atoms with Gasteiger partial charge < -0.3 is 15.3 Å². The molecule has 1 fully saturated rings. The monoisotopic (exact) mass is 296 g/mol. The van der Waals surface area contributed by atoms with Crippen molar-refractivity contribution in [3.63, 3.8) is 0 Å². The van der Waals surface area contributed by atoms with Crippen LogP contribution in [0, 0.1) is 17.8 Å². The molecular weight excluding hydrogens is 272 g/mol. The molecule has 0 heterocycles. The second-order valence-electron chi connectivity index (χ2n) is 5.39. The molecular formula is C16H24O5. The first-order valence-corrected chi connectivity index (χ1v) is 6.75. The Labute approximate surface area is 125 Å². The Morgan fingerprint density at radius 1 is 1.05 bits per heavy atom. The average molecular weight is 296 g/mol. The Hall–Kier alpha value is -1.88. The van der Waals surface area contributed by atoms with E-state index in [1.807, 2.05) is 0 Å². The summed E-state index contributed by atoms with van der Waals surface area (Å²) in [6.07, 6.45) is 7.12. The number of hydrogen-bond acceptors (Lipinski definition) is 3. The zero-order valence-corrected chi connectivity index (χ0v) is 12.6. The summed E-state index contributed by atoms with van der Waals surface area (Å²) in [5.74, 6) is 0.261. The molecule has 2 rings (SSSR count). The number of fused-ring (bicyclic) bond motifs is 2. The topological polar surface area (TPSA) is 94.8 Å². The number of aliphatic carboxylic acids is 2. The summed E-state index contributed by atoms with van der Waals surface area (Å²) in [6.45, 7) is 9.60. The van der Waals surface area contributed by atoms with E-state index in [2.05, 4.69) is 25.3 Å². The van der Waals surface area contributed by atoms with Crippen molar-refractivity contribution < 1.29 is 24.9 Å². The van der Waals surface area contributed by atoms with Crippen molar-refractivity contribution in [2.45, 2.75) is 26.7 Å². The third kappa shape index (κ3) is 7.46. The van der Waals surface area contributed by atoms with E-state index in [1.165, 1.54) is 26.7 Å². The van der Waals surface area contributed by atoms with E-state index in [4.69, 9.17) is 15.3 Å². The van der Waals surface area contributed by atoms with Crippen molar-refractivity contribution in [3.8, 4) is 0 Å².